The second-order valence-corrected chi connectivity index (χ2v) is 3.58. The Morgan fingerprint density at radius 2 is 1.79 bits per heavy atom. The summed E-state index contributed by atoms with van der Waals surface area (Å²) in [5.74, 6) is 0. The van der Waals surface area contributed by atoms with Crippen LogP contribution in [0.25, 0.3) is 10.8 Å². The van der Waals surface area contributed by atoms with Gasteiger partial charge in [-0.25, -0.2) is 0 Å². The number of fused-ring (bicyclic) bond motifs is 1. The van der Waals surface area contributed by atoms with Crippen molar-refractivity contribution < 1.29 is 0 Å². The summed E-state index contributed by atoms with van der Waals surface area (Å²) in [7, 11) is 1.99. The molecule has 74 valence electrons. The molecule has 0 aliphatic rings. The zero-order valence-electron chi connectivity index (χ0n) is 8.53. The Bertz CT molecular complexity index is 370. The Morgan fingerprint density at radius 1 is 1.14 bits per heavy atom. The number of aromatic nitrogens is 1. The number of benzene rings is 1. The van der Waals surface area contributed by atoms with E-state index in [0.29, 0.717) is 0 Å². The van der Waals surface area contributed by atoms with Gasteiger partial charge in [-0.05, 0) is 30.8 Å². The molecule has 2 rings (SSSR count). The van der Waals surface area contributed by atoms with Gasteiger partial charge in [0.1, 0.15) is 0 Å². The van der Waals surface area contributed by atoms with E-state index in [0.717, 1.165) is 13.1 Å². The number of nitrogens with one attached hydrogen (secondary N) is 1. The number of rotatable bonds is 4. The molecule has 0 saturated heterocycles. The predicted octanol–water partition coefficient (Wildman–Crippen LogP) is 2.25. The molecule has 0 spiro atoms. The first-order valence-corrected chi connectivity index (χ1v) is 5.09. The van der Waals surface area contributed by atoms with Crippen LogP contribution < -0.4 is 5.32 Å². The van der Waals surface area contributed by atoms with Crippen LogP contribution in [0.5, 0.6) is 0 Å². The third-order valence-corrected chi connectivity index (χ3v) is 2.45. The second-order valence-electron chi connectivity index (χ2n) is 3.58. The lowest BCUT2D eigenvalue weighted by molar-refractivity contribution is 0.617. The van der Waals surface area contributed by atoms with E-state index < -0.39 is 0 Å². The lowest BCUT2D eigenvalue weighted by Crippen LogP contribution is -2.10. The highest BCUT2D eigenvalue weighted by atomic mass is 14.9. The summed E-state index contributed by atoms with van der Waals surface area (Å²) in [5.41, 5.74) is 0. The van der Waals surface area contributed by atoms with E-state index in [2.05, 4.69) is 46.5 Å². The Hall–Kier alpha value is -1.28. The predicted molar refractivity (Wildman–Crippen MR) is 60.5 cm³/mol. The SMILES string of the molecule is CNCCCn1cc2ccccc2c1. The molecule has 0 unspecified atom stereocenters. The molecular weight excluding hydrogens is 172 g/mol. The molecule has 2 nitrogen and oxygen atoms in total. The maximum atomic E-state index is 3.16. The number of hydrogen-bond donors (Lipinski definition) is 1. The van der Waals surface area contributed by atoms with E-state index in [1.165, 1.54) is 17.2 Å². The van der Waals surface area contributed by atoms with Crippen molar-refractivity contribution in [2.75, 3.05) is 13.6 Å². The highest BCUT2D eigenvalue weighted by Crippen LogP contribution is 2.14. The van der Waals surface area contributed by atoms with Crippen LogP contribution in [0, 0.1) is 0 Å². The molecule has 0 atom stereocenters. The average Bonchev–Trinajstić information content (AvgIpc) is 2.60. The van der Waals surface area contributed by atoms with Gasteiger partial charge < -0.3 is 9.88 Å². The monoisotopic (exact) mass is 188 g/mol. The maximum absolute atomic E-state index is 3.16. The standard InChI is InChI=1S/C12H16N2/c1-13-7-4-8-14-9-11-5-2-3-6-12(11)10-14/h2-3,5-6,9-10,13H,4,7-8H2,1H3. The van der Waals surface area contributed by atoms with Crippen LogP contribution >= 0.6 is 0 Å². The first-order chi connectivity index (χ1) is 6.90. The fourth-order valence-electron chi connectivity index (χ4n) is 1.71. The highest BCUT2D eigenvalue weighted by Gasteiger charge is 1.96. The molecule has 1 N–H and O–H groups in total. The van der Waals surface area contributed by atoms with Crippen molar-refractivity contribution in [3.8, 4) is 0 Å². The Labute approximate surface area is 84.5 Å². The van der Waals surface area contributed by atoms with Crippen molar-refractivity contribution >= 4 is 10.8 Å². The normalized spacial score (nSPS) is 10.9. The Kier molecular flexibility index (Phi) is 2.84. The molecule has 0 aliphatic carbocycles. The molecule has 1 aromatic heterocycles. The summed E-state index contributed by atoms with van der Waals surface area (Å²) in [6.45, 7) is 2.17. The van der Waals surface area contributed by atoms with Crippen LogP contribution in [0.3, 0.4) is 0 Å². The van der Waals surface area contributed by atoms with E-state index in [1.807, 2.05) is 7.05 Å². The van der Waals surface area contributed by atoms with Crippen LogP contribution in [0.1, 0.15) is 6.42 Å². The van der Waals surface area contributed by atoms with E-state index in [4.69, 9.17) is 0 Å². The molecule has 0 aliphatic heterocycles. The summed E-state index contributed by atoms with van der Waals surface area (Å²) in [6, 6.07) is 8.48. The summed E-state index contributed by atoms with van der Waals surface area (Å²) in [6.07, 6.45) is 5.60. The summed E-state index contributed by atoms with van der Waals surface area (Å²) >= 11 is 0. The molecule has 0 saturated carbocycles. The van der Waals surface area contributed by atoms with Crippen molar-refractivity contribution in [3.05, 3.63) is 36.7 Å². The molecule has 0 fully saturated rings. The molecule has 0 radical (unpaired) electrons. The summed E-state index contributed by atoms with van der Waals surface area (Å²) in [4.78, 5) is 0. The van der Waals surface area contributed by atoms with Crippen molar-refractivity contribution in [3.63, 3.8) is 0 Å². The fourth-order valence-corrected chi connectivity index (χ4v) is 1.71. The van der Waals surface area contributed by atoms with Gasteiger partial charge in [-0.15, -0.1) is 0 Å². The number of aryl methyl sites for hydroxylation is 1. The first-order valence-electron chi connectivity index (χ1n) is 5.09. The van der Waals surface area contributed by atoms with Gasteiger partial charge in [-0.1, -0.05) is 24.3 Å². The number of hydrogen-bond acceptors (Lipinski definition) is 1. The maximum Gasteiger partial charge on any atom is 0.0232 e. The van der Waals surface area contributed by atoms with Gasteiger partial charge in [0.05, 0.1) is 0 Å². The molecule has 14 heavy (non-hydrogen) atoms. The lowest BCUT2D eigenvalue weighted by atomic mass is 10.2. The van der Waals surface area contributed by atoms with Crippen LogP contribution in [0.2, 0.25) is 0 Å². The van der Waals surface area contributed by atoms with Gasteiger partial charge in [0, 0.05) is 18.9 Å². The van der Waals surface area contributed by atoms with Crippen LogP contribution in [0.4, 0.5) is 0 Å². The zero-order chi connectivity index (χ0) is 9.80. The second kappa shape index (κ2) is 4.29. The van der Waals surface area contributed by atoms with Gasteiger partial charge in [-0.2, -0.15) is 0 Å². The van der Waals surface area contributed by atoms with E-state index in [9.17, 15) is 0 Å². The van der Waals surface area contributed by atoms with Crippen LogP contribution in [-0.4, -0.2) is 18.2 Å². The summed E-state index contributed by atoms with van der Waals surface area (Å²) in [5, 5.41) is 5.82. The molecule has 1 heterocycles. The smallest absolute Gasteiger partial charge is 0.0232 e. The van der Waals surface area contributed by atoms with Crippen LogP contribution in [-0.2, 0) is 6.54 Å². The van der Waals surface area contributed by atoms with Gasteiger partial charge >= 0.3 is 0 Å². The molecule has 0 bridgehead atoms. The fraction of sp³-hybridized carbons (Fsp3) is 0.333. The van der Waals surface area contributed by atoms with E-state index >= 15 is 0 Å². The largest absolute Gasteiger partial charge is 0.353 e. The van der Waals surface area contributed by atoms with E-state index in [-0.39, 0.29) is 0 Å². The quantitative estimate of drug-likeness (QED) is 0.728. The third kappa shape index (κ3) is 1.96. The van der Waals surface area contributed by atoms with Crippen molar-refractivity contribution in [2.24, 2.45) is 0 Å². The van der Waals surface area contributed by atoms with Gasteiger partial charge in [0.25, 0.3) is 0 Å². The average molecular weight is 188 g/mol. The lowest BCUT2D eigenvalue weighted by Gasteiger charge is -2.00. The Balaban J connectivity index is 2.11. The van der Waals surface area contributed by atoms with Gasteiger partial charge in [0.2, 0.25) is 0 Å². The van der Waals surface area contributed by atoms with E-state index in [1.54, 1.807) is 0 Å². The third-order valence-electron chi connectivity index (χ3n) is 2.45. The van der Waals surface area contributed by atoms with Crippen molar-refractivity contribution in [1.29, 1.82) is 0 Å². The molecule has 1 aromatic carbocycles. The van der Waals surface area contributed by atoms with Crippen molar-refractivity contribution in [2.45, 2.75) is 13.0 Å². The Morgan fingerprint density at radius 3 is 2.36 bits per heavy atom. The zero-order valence-corrected chi connectivity index (χ0v) is 8.53. The van der Waals surface area contributed by atoms with Crippen molar-refractivity contribution in [1.82, 2.24) is 9.88 Å². The van der Waals surface area contributed by atoms with Gasteiger partial charge in [-0.3, -0.25) is 0 Å². The topological polar surface area (TPSA) is 17.0 Å². The minimum Gasteiger partial charge on any atom is -0.353 e. The highest BCUT2D eigenvalue weighted by molar-refractivity contribution is 5.81. The number of nitrogens with zero attached hydrogens (tertiary/aromatic N) is 1. The minimum absolute atomic E-state index is 1.08. The summed E-state index contributed by atoms with van der Waals surface area (Å²) < 4.78 is 2.27. The molecular formula is C12H16N2. The first kappa shape index (κ1) is 9.28. The van der Waals surface area contributed by atoms with Gasteiger partial charge in [0.15, 0.2) is 0 Å². The molecule has 0 amide bonds. The molecule has 2 aromatic rings. The minimum atomic E-state index is 1.08. The molecule has 2 heteroatoms. The van der Waals surface area contributed by atoms with Crippen LogP contribution in [0.15, 0.2) is 36.7 Å².